The molecular weight excluding hydrogens is 244 g/mol. The van der Waals surface area contributed by atoms with Crippen molar-refractivity contribution in [2.24, 2.45) is 5.73 Å². The van der Waals surface area contributed by atoms with Gasteiger partial charge in [0.15, 0.2) is 0 Å². The van der Waals surface area contributed by atoms with Crippen LogP contribution < -0.4 is 11.5 Å². The van der Waals surface area contributed by atoms with Crippen molar-refractivity contribution in [3.05, 3.63) is 42.0 Å². The van der Waals surface area contributed by atoms with Crippen molar-refractivity contribution in [3.63, 3.8) is 0 Å². The molecule has 0 unspecified atom stereocenters. The molecule has 2 aromatic heterocycles. The average Bonchev–Trinajstić information content (AvgIpc) is 2.80. The van der Waals surface area contributed by atoms with E-state index in [0.29, 0.717) is 5.69 Å². The quantitative estimate of drug-likeness (QED) is 0.721. The standard InChI is InChI=1S/C13H10N4O2/c14-12(18)10-11(17-19-13(10)15)9-6-5-7-3-1-2-4-8(7)16-9/h1-6H,15H2,(H2,14,18). The zero-order chi connectivity index (χ0) is 13.4. The maximum absolute atomic E-state index is 11.4. The van der Waals surface area contributed by atoms with Gasteiger partial charge in [-0.2, -0.15) is 0 Å². The van der Waals surface area contributed by atoms with Crippen molar-refractivity contribution in [1.29, 1.82) is 0 Å². The van der Waals surface area contributed by atoms with Crippen LogP contribution in [0.4, 0.5) is 5.88 Å². The van der Waals surface area contributed by atoms with E-state index in [1.807, 2.05) is 30.3 Å². The highest BCUT2D eigenvalue weighted by atomic mass is 16.5. The average molecular weight is 254 g/mol. The Hall–Kier alpha value is -2.89. The predicted octanol–water partition coefficient (Wildman–Crippen LogP) is 1.57. The Labute approximate surface area is 108 Å². The summed E-state index contributed by atoms with van der Waals surface area (Å²) >= 11 is 0. The third kappa shape index (κ3) is 1.79. The summed E-state index contributed by atoms with van der Waals surface area (Å²) in [6, 6.07) is 11.2. The largest absolute Gasteiger partial charge is 0.367 e. The lowest BCUT2D eigenvalue weighted by molar-refractivity contribution is 0.100. The number of rotatable bonds is 2. The van der Waals surface area contributed by atoms with Crippen molar-refractivity contribution in [2.75, 3.05) is 5.73 Å². The number of hydrogen-bond acceptors (Lipinski definition) is 5. The van der Waals surface area contributed by atoms with Gasteiger partial charge in [0.1, 0.15) is 11.3 Å². The van der Waals surface area contributed by atoms with Gasteiger partial charge >= 0.3 is 0 Å². The van der Waals surface area contributed by atoms with Crippen molar-refractivity contribution < 1.29 is 9.32 Å². The number of carbonyl (C=O) groups excluding carboxylic acids is 1. The molecule has 1 aromatic carbocycles. The van der Waals surface area contributed by atoms with E-state index in [1.54, 1.807) is 6.07 Å². The smallest absolute Gasteiger partial charge is 0.256 e. The monoisotopic (exact) mass is 254 g/mol. The summed E-state index contributed by atoms with van der Waals surface area (Å²) in [5.41, 5.74) is 12.4. The molecule has 0 spiro atoms. The first kappa shape index (κ1) is 11.2. The lowest BCUT2D eigenvalue weighted by Crippen LogP contribution is -2.13. The number of anilines is 1. The van der Waals surface area contributed by atoms with Crippen LogP contribution in [0.5, 0.6) is 0 Å². The van der Waals surface area contributed by atoms with Crippen LogP contribution in [0.2, 0.25) is 0 Å². The van der Waals surface area contributed by atoms with Gasteiger partial charge in [-0.3, -0.25) is 4.79 Å². The highest BCUT2D eigenvalue weighted by Crippen LogP contribution is 2.26. The van der Waals surface area contributed by atoms with Crippen LogP contribution in [0.3, 0.4) is 0 Å². The minimum Gasteiger partial charge on any atom is -0.367 e. The van der Waals surface area contributed by atoms with E-state index in [0.717, 1.165) is 10.9 Å². The number of amides is 1. The Morgan fingerprint density at radius 1 is 1.16 bits per heavy atom. The summed E-state index contributed by atoms with van der Waals surface area (Å²) < 4.78 is 4.81. The molecular formula is C13H10N4O2. The number of aromatic nitrogens is 2. The van der Waals surface area contributed by atoms with E-state index in [1.165, 1.54) is 0 Å². The van der Waals surface area contributed by atoms with Crippen molar-refractivity contribution in [3.8, 4) is 11.4 Å². The van der Waals surface area contributed by atoms with Crippen LogP contribution in [-0.2, 0) is 0 Å². The summed E-state index contributed by atoms with van der Waals surface area (Å²) in [7, 11) is 0. The Bertz CT molecular complexity index is 779. The van der Waals surface area contributed by atoms with Gasteiger partial charge in [-0.15, -0.1) is 0 Å². The molecule has 0 radical (unpaired) electrons. The SMILES string of the molecule is NC(=O)c1c(-c2ccc3ccccc3n2)noc1N. The van der Waals surface area contributed by atoms with Gasteiger partial charge in [0, 0.05) is 5.39 Å². The van der Waals surface area contributed by atoms with Gasteiger partial charge in [-0.25, -0.2) is 4.98 Å². The van der Waals surface area contributed by atoms with Gasteiger partial charge < -0.3 is 16.0 Å². The Morgan fingerprint density at radius 3 is 2.74 bits per heavy atom. The second kappa shape index (κ2) is 4.09. The molecule has 19 heavy (non-hydrogen) atoms. The number of pyridine rings is 1. The van der Waals surface area contributed by atoms with Gasteiger partial charge in [0.25, 0.3) is 5.91 Å². The van der Waals surface area contributed by atoms with E-state index in [-0.39, 0.29) is 17.1 Å². The Balaban J connectivity index is 2.22. The van der Waals surface area contributed by atoms with Gasteiger partial charge in [-0.05, 0) is 12.1 Å². The molecule has 6 heteroatoms. The van der Waals surface area contributed by atoms with Crippen LogP contribution in [0.1, 0.15) is 10.4 Å². The number of fused-ring (bicyclic) bond motifs is 1. The summed E-state index contributed by atoms with van der Waals surface area (Å²) in [5.74, 6) is -0.791. The number of para-hydroxylation sites is 1. The summed E-state index contributed by atoms with van der Waals surface area (Å²) in [6.07, 6.45) is 0. The predicted molar refractivity (Wildman–Crippen MR) is 70.2 cm³/mol. The maximum Gasteiger partial charge on any atom is 0.256 e. The molecule has 3 aromatic rings. The van der Waals surface area contributed by atoms with Gasteiger partial charge in [0.2, 0.25) is 5.88 Å². The van der Waals surface area contributed by atoms with Crippen molar-refractivity contribution in [2.45, 2.75) is 0 Å². The van der Waals surface area contributed by atoms with Crippen LogP contribution >= 0.6 is 0 Å². The highest BCUT2D eigenvalue weighted by Gasteiger charge is 2.21. The zero-order valence-electron chi connectivity index (χ0n) is 9.83. The minimum absolute atomic E-state index is 0.0581. The lowest BCUT2D eigenvalue weighted by atomic mass is 10.1. The van der Waals surface area contributed by atoms with Crippen molar-refractivity contribution >= 4 is 22.7 Å². The highest BCUT2D eigenvalue weighted by molar-refractivity contribution is 6.02. The molecule has 3 rings (SSSR count). The molecule has 4 N–H and O–H groups in total. The number of benzene rings is 1. The Morgan fingerprint density at radius 2 is 1.95 bits per heavy atom. The van der Waals surface area contributed by atoms with Gasteiger partial charge in [-0.1, -0.05) is 29.4 Å². The first-order valence-corrected chi connectivity index (χ1v) is 5.58. The normalized spacial score (nSPS) is 10.7. The van der Waals surface area contributed by atoms with E-state index >= 15 is 0 Å². The fourth-order valence-corrected chi connectivity index (χ4v) is 1.91. The molecule has 6 nitrogen and oxygen atoms in total. The van der Waals surface area contributed by atoms with Crippen LogP contribution in [-0.4, -0.2) is 16.0 Å². The molecule has 0 aliphatic carbocycles. The van der Waals surface area contributed by atoms with Crippen LogP contribution in [0, 0.1) is 0 Å². The van der Waals surface area contributed by atoms with Crippen molar-refractivity contribution in [1.82, 2.24) is 10.1 Å². The van der Waals surface area contributed by atoms with E-state index < -0.39 is 5.91 Å². The molecule has 0 bridgehead atoms. The van der Waals surface area contributed by atoms with E-state index in [9.17, 15) is 4.79 Å². The first-order valence-electron chi connectivity index (χ1n) is 5.58. The minimum atomic E-state index is -0.691. The second-order valence-corrected chi connectivity index (χ2v) is 4.02. The van der Waals surface area contributed by atoms with Crippen LogP contribution in [0.25, 0.3) is 22.3 Å². The van der Waals surface area contributed by atoms with E-state index in [2.05, 4.69) is 10.1 Å². The molecule has 0 fully saturated rings. The molecule has 0 saturated carbocycles. The van der Waals surface area contributed by atoms with Gasteiger partial charge in [0.05, 0.1) is 11.2 Å². The fourth-order valence-electron chi connectivity index (χ4n) is 1.91. The molecule has 1 amide bonds. The summed E-state index contributed by atoms with van der Waals surface area (Å²) in [4.78, 5) is 15.8. The number of nitrogens with two attached hydrogens (primary N) is 2. The topological polar surface area (TPSA) is 108 Å². The third-order valence-electron chi connectivity index (χ3n) is 2.81. The first-order chi connectivity index (χ1) is 9.16. The second-order valence-electron chi connectivity index (χ2n) is 4.02. The molecule has 0 saturated heterocycles. The third-order valence-corrected chi connectivity index (χ3v) is 2.81. The lowest BCUT2D eigenvalue weighted by Gasteiger charge is -2.01. The molecule has 94 valence electrons. The fraction of sp³-hybridized carbons (Fsp3) is 0. The zero-order valence-corrected chi connectivity index (χ0v) is 9.83. The molecule has 2 heterocycles. The number of primary amides is 1. The summed E-state index contributed by atoms with van der Waals surface area (Å²) in [5, 5.41) is 4.74. The number of nitrogen functional groups attached to an aromatic ring is 1. The van der Waals surface area contributed by atoms with Crippen LogP contribution in [0.15, 0.2) is 40.9 Å². The Kier molecular flexibility index (Phi) is 2.42. The molecule has 0 atom stereocenters. The molecule has 0 aliphatic heterocycles. The number of nitrogens with zero attached hydrogens (tertiary/aromatic N) is 2. The molecule has 0 aliphatic rings. The summed E-state index contributed by atoms with van der Waals surface area (Å²) in [6.45, 7) is 0. The number of carbonyl (C=O) groups is 1. The van der Waals surface area contributed by atoms with E-state index in [4.69, 9.17) is 16.0 Å². The maximum atomic E-state index is 11.4. The number of hydrogen-bond donors (Lipinski definition) is 2.